The molecule has 0 amide bonds. The van der Waals surface area contributed by atoms with E-state index in [2.05, 4.69) is 13.2 Å². The van der Waals surface area contributed by atoms with Gasteiger partial charge in [0.15, 0.2) is 0 Å². The molecule has 0 radical (unpaired) electrons. The number of hydrogen-bond acceptors (Lipinski definition) is 8. The summed E-state index contributed by atoms with van der Waals surface area (Å²) in [6, 6.07) is 0. The summed E-state index contributed by atoms with van der Waals surface area (Å²) < 4.78 is 45.8. The molecule has 0 rings (SSSR count). The molecule has 0 unspecified atom stereocenters. The zero-order valence-corrected chi connectivity index (χ0v) is 18.7. The zero-order chi connectivity index (χ0) is 23.4. The predicted octanol–water partition coefficient (Wildman–Crippen LogP) is 1.96. The molecule has 0 aliphatic heterocycles. The van der Waals surface area contributed by atoms with E-state index in [0.29, 0.717) is 12.8 Å². The second kappa shape index (κ2) is 16.1. The third-order valence-corrected chi connectivity index (χ3v) is 4.91. The van der Waals surface area contributed by atoms with Gasteiger partial charge in [0.2, 0.25) is 0 Å². The van der Waals surface area contributed by atoms with Gasteiger partial charge in [-0.15, -0.1) is 0 Å². The fourth-order valence-electron chi connectivity index (χ4n) is 2.40. The molecular weight excluding hydrogens is 455 g/mol. The molecule has 0 saturated carbocycles. The molecule has 0 saturated heterocycles. The van der Waals surface area contributed by atoms with Gasteiger partial charge in [-0.25, -0.2) is 9.59 Å². The number of hydrogen-bond donors (Lipinski definition) is 1. The number of rotatable bonds is 15. The fraction of sp³-hybridized carbons (Fsp3) is 0.650. The third kappa shape index (κ3) is 15.8. The molecule has 0 aromatic carbocycles. The van der Waals surface area contributed by atoms with Gasteiger partial charge in [-0.05, 0) is 26.7 Å². The zero-order valence-electron chi connectivity index (χ0n) is 17.9. The van der Waals surface area contributed by atoms with Crippen LogP contribution in [0.1, 0.15) is 52.9 Å². The molecule has 0 aromatic rings. The Labute approximate surface area is 227 Å². The van der Waals surface area contributed by atoms with E-state index >= 15 is 0 Å². The van der Waals surface area contributed by atoms with Gasteiger partial charge in [0.05, 0.1) is 18.8 Å². The Morgan fingerprint density at radius 2 is 1.42 bits per heavy atom. The van der Waals surface area contributed by atoms with Gasteiger partial charge in [-0.2, -0.15) is 8.42 Å². The summed E-state index contributed by atoms with van der Waals surface area (Å²) in [4.78, 5) is 36.1. The average Bonchev–Trinajstić information content (AvgIpc) is 2.64. The summed E-state index contributed by atoms with van der Waals surface area (Å²) in [6.45, 7) is 11.3. The molecule has 0 aromatic heterocycles. The molecule has 0 heterocycles. The third-order valence-electron chi connectivity index (χ3n) is 4.11. The van der Waals surface area contributed by atoms with Crippen molar-refractivity contribution in [3.8, 4) is 0 Å². The first-order chi connectivity index (χ1) is 13.8. The van der Waals surface area contributed by atoms with Crippen LogP contribution in [0, 0.1) is 5.41 Å². The molecule has 31 heavy (non-hydrogen) atoms. The molecule has 174 valence electrons. The number of carbonyl (C=O) groups is 3. The van der Waals surface area contributed by atoms with Crippen LogP contribution >= 0.6 is 0 Å². The van der Waals surface area contributed by atoms with Crippen LogP contribution in [0.15, 0.2) is 24.3 Å². The van der Waals surface area contributed by atoms with E-state index in [1.807, 2.05) is 6.92 Å². The van der Waals surface area contributed by atoms with E-state index in [-0.39, 0.29) is 95.2 Å². The standard InChI is InChI=1S/C20H32O9S.K.H/c1-6-7-9-20(13-28-18(22)15(2)3,14-29-19(23)16(4)5)12-17(21)27-10-8-11-30(24,25)26;;/h2,4,6-14H2,1,3,5H3,(H,24,25,26);;. The van der Waals surface area contributed by atoms with Crippen molar-refractivity contribution < 1.29 is 41.6 Å². The van der Waals surface area contributed by atoms with Crippen molar-refractivity contribution in [2.75, 3.05) is 25.6 Å². The van der Waals surface area contributed by atoms with Crippen LogP contribution in [0.5, 0.6) is 0 Å². The SMILES string of the molecule is C=C(C)C(=O)OCC(CCCC)(COC(=O)C(=C)C)CC(=O)OCCCS(=O)(=O)O.[KH]. The van der Waals surface area contributed by atoms with Crippen LogP contribution in [-0.4, -0.2) is 108 Å². The topological polar surface area (TPSA) is 133 Å². The molecule has 1 N–H and O–H groups in total. The van der Waals surface area contributed by atoms with Crippen LogP contribution in [0.3, 0.4) is 0 Å². The maximum atomic E-state index is 12.4. The summed E-state index contributed by atoms with van der Waals surface area (Å²) in [7, 11) is -4.14. The van der Waals surface area contributed by atoms with Gasteiger partial charge in [-0.3, -0.25) is 9.35 Å². The van der Waals surface area contributed by atoms with E-state index in [4.69, 9.17) is 18.8 Å². The molecule has 0 bridgehead atoms. The summed E-state index contributed by atoms with van der Waals surface area (Å²) >= 11 is 0. The summed E-state index contributed by atoms with van der Waals surface area (Å²) in [5.41, 5.74) is -0.649. The van der Waals surface area contributed by atoms with E-state index < -0.39 is 39.2 Å². The number of ether oxygens (including phenoxy) is 3. The van der Waals surface area contributed by atoms with Crippen LogP contribution in [0.4, 0.5) is 0 Å². The van der Waals surface area contributed by atoms with Crippen molar-refractivity contribution in [1.29, 1.82) is 0 Å². The predicted molar refractivity (Wildman–Crippen MR) is 117 cm³/mol. The van der Waals surface area contributed by atoms with E-state index in [0.717, 1.165) is 6.42 Å². The fourth-order valence-corrected chi connectivity index (χ4v) is 2.88. The first-order valence-electron chi connectivity index (χ1n) is 9.58. The van der Waals surface area contributed by atoms with Gasteiger partial charge in [0.25, 0.3) is 10.1 Å². The van der Waals surface area contributed by atoms with E-state index in [1.54, 1.807) is 0 Å². The second-order valence-electron chi connectivity index (χ2n) is 7.35. The maximum absolute atomic E-state index is 12.4. The van der Waals surface area contributed by atoms with Gasteiger partial charge >= 0.3 is 69.3 Å². The van der Waals surface area contributed by atoms with Crippen LogP contribution in [0.25, 0.3) is 0 Å². The quantitative estimate of drug-likeness (QED) is 0.0917. The normalized spacial score (nSPS) is 11.1. The minimum absolute atomic E-state index is 0. The van der Waals surface area contributed by atoms with E-state index in [9.17, 15) is 22.8 Å². The van der Waals surface area contributed by atoms with E-state index in [1.165, 1.54) is 13.8 Å². The Balaban J connectivity index is 0. The van der Waals surface area contributed by atoms with Crippen molar-refractivity contribution in [3.63, 3.8) is 0 Å². The molecule has 9 nitrogen and oxygen atoms in total. The van der Waals surface area contributed by atoms with Crippen molar-refractivity contribution in [2.45, 2.75) is 52.9 Å². The first-order valence-corrected chi connectivity index (χ1v) is 11.2. The van der Waals surface area contributed by atoms with Gasteiger partial charge in [0.1, 0.15) is 13.2 Å². The van der Waals surface area contributed by atoms with Gasteiger partial charge < -0.3 is 14.2 Å². The first kappa shape index (κ1) is 32.6. The number of carbonyl (C=O) groups excluding carboxylic acids is 3. The van der Waals surface area contributed by atoms with Crippen molar-refractivity contribution in [2.24, 2.45) is 5.41 Å². The van der Waals surface area contributed by atoms with Crippen molar-refractivity contribution in [3.05, 3.63) is 24.3 Å². The van der Waals surface area contributed by atoms with Gasteiger partial charge in [0, 0.05) is 16.6 Å². The Morgan fingerprint density at radius 1 is 0.935 bits per heavy atom. The molecular formula is C20H33KO9S. The second-order valence-corrected chi connectivity index (χ2v) is 8.93. The Kier molecular flexibility index (Phi) is 17.0. The molecule has 11 heteroatoms. The minimum atomic E-state index is -4.14. The summed E-state index contributed by atoms with van der Waals surface area (Å²) in [5.74, 6) is -2.47. The van der Waals surface area contributed by atoms with Crippen molar-refractivity contribution in [1.82, 2.24) is 0 Å². The average molecular weight is 489 g/mol. The number of unbranched alkanes of at least 4 members (excludes halogenated alkanes) is 1. The Bertz CT molecular complexity index is 714. The molecule has 0 spiro atoms. The van der Waals surface area contributed by atoms with Crippen LogP contribution < -0.4 is 0 Å². The number of esters is 3. The Hall–Kier alpha value is -0.564. The molecule has 0 aliphatic rings. The summed E-state index contributed by atoms with van der Waals surface area (Å²) in [5, 5.41) is 0. The van der Waals surface area contributed by atoms with Crippen LogP contribution in [-0.2, 0) is 38.7 Å². The Morgan fingerprint density at radius 3 is 1.81 bits per heavy atom. The van der Waals surface area contributed by atoms with Crippen molar-refractivity contribution >= 4 is 79.4 Å². The van der Waals surface area contributed by atoms with Crippen LogP contribution in [0.2, 0.25) is 0 Å². The monoisotopic (exact) mass is 488 g/mol. The molecule has 0 fully saturated rings. The molecule has 0 atom stereocenters. The van der Waals surface area contributed by atoms with Gasteiger partial charge in [-0.1, -0.05) is 32.9 Å². The molecule has 0 aliphatic carbocycles. The summed E-state index contributed by atoms with van der Waals surface area (Å²) in [6.07, 6.45) is 1.59.